The van der Waals surface area contributed by atoms with Crippen LogP contribution in [0.4, 0.5) is 11.8 Å². The largest absolute Gasteiger partial charge is 0.394 e. The molecule has 2 aliphatic rings. The summed E-state index contributed by atoms with van der Waals surface area (Å²) in [7, 11) is 0. The predicted molar refractivity (Wildman–Crippen MR) is 128 cm³/mol. The van der Waals surface area contributed by atoms with Gasteiger partial charge >= 0.3 is 0 Å². The van der Waals surface area contributed by atoms with E-state index in [9.17, 15) is 5.11 Å². The van der Waals surface area contributed by atoms with Crippen LogP contribution in [0.3, 0.4) is 0 Å². The minimum atomic E-state index is 0.0664. The second-order valence-corrected chi connectivity index (χ2v) is 9.21. The molecule has 1 saturated heterocycles. The number of nitrogens with one attached hydrogen (secondary N) is 2. The Morgan fingerprint density at radius 1 is 1.03 bits per heavy atom. The minimum absolute atomic E-state index is 0.0664. The Balaban J connectivity index is 1.37. The Morgan fingerprint density at radius 3 is 2.76 bits per heavy atom. The summed E-state index contributed by atoms with van der Waals surface area (Å²) in [6, 6.07) is 8.53. The SMILES string of the molecule is OCC1CCCN1c1nc(NCc2nc3ccccc3[nH]2)c2ncn(C3CCCCC3)c2n1. The van der Waals surface area contributed by atoms with Gasteiger partial charge in [-0.05, 0) is 37.8 Å². The van der Waals surface area contributed by atoms with Crippen LogP contribution in [0.25, 0.3) is 22.2 Å². The number of nitrogens with zero attached hydrogens (tertiary/aromatic N) is 6. The van der Waals surface area contributed by atoms with Gasteiger partial charge in [0, 0.05) is 12.6 Å². The second-order valence-electron chi connectivity index (χ2n) is 9.21. The van der Waals surface area contributed by atoms with E-state index in [0.717, 1.165) is 60.2 Å². The average Bonchev–Trinajstić information content (AvgIpc) is 3.60. The molecule has 9 heteroatoms. The molecule has 1 unspecified atom stereocenters. The molecule has 1 atom stereocenters. The van der Waals surface area contributed by atoms with Crippen molar-refractivity contribution in [3.8, 4) is 0 Å². The normalized spacial score (nSPS) is 19.7. The van der Waals surface area contributed by atoms with Crippen molar-refractivity contribution in [2.45, 2.75) is 63.6 Å². The van der Waals surface area contributed by atoms with Crippen LogP contribution < -0.4 is 10.2 Å². The Hall–Kier alpha value is -3.20. The summed E-state index contributed by atoms with van der Waals surface area (Å²) in [6.07, 6.45) is 10.1. The van der Waals surface area contributed by atoms with E-state index in [2.05, 4.69) is 24.8 Å². The summed E-state index contributed by atoms with van der Waals surface area (Å²) >= 11 is 0. The van der Waals surface area contributed by atoms with E-state index in [4.69, 9.17) is 15.0 Å². The lowest BCUT2D eigenvalue weighted by molar-refractivity contribution is 0.265. The summed E-state index contributed by atoms with van der Waals surface area (Å²) in [5.74, 6) is 2.24. The first-order chi connectivity index (χ1) is 16.3. The van der Waals surface area contributed by atoms with Crippen LogP contribution in [-0.2, 0) is 6.54 Å². The number of benzene rings is 1. The number of hydrogen-bond donors (Lipinski definition) is 3. The first-order valence-electron chi connectivity index (χ1n) is 12.1. The fourth-order valence-electron chi connectivity index (χ4n) is 5.33. The number of rotatable bonds is 6. The Labute approximate surface area is 192 Å². The lowest BCUT2D eigenvalue weighted by Crippen LogP contribution is -2.33. The maximum atomic E-state index is 9.88. The molecular weight excluding hydrogens is 416 g/mol. The van der Waals surface area contributed by atoms with Crippen molar-refractivity contribution in [2.24, 2.45) is 0 Å². The van der Waals surface area contributed by atoms with Crippen LogP contribution in [0.5, 0.6) is 0 Å². The smallest absolute Gasteiger partial charge is 0.229 e. The number of aliphatic hydroxyl groups excluding tert-OH is 1. The summed E-state index contributed by atoms with van der Waals surface area (Å²) in [5.41, 5.74) is 3.64. The van der Waals surface area contributed by atoms with Gasteiger partial charge in [-0.15, -0.1) is 0 Å². The van der Waals surface area contributed by atoms with E-state index < -0.39 is 0 Å². The molecule has 0 amide bonds. The van der Waals surface area contributed by atoms with Gasteiger partial charge in [0.25, 0.3) is 0 Å². The number of para-hydroxylation sites is 2. The summed E-state index contributed by atoms with van der Waals surface area (Å²) in [4.78, 5) is 24.8. The summed E-state index contributed by atoms with van der Waals surface area (Å²) in [5, 5.41) is 13.3. The third-order valence-electron chi connectivity index (χ3n) is 7.08. The molecule has 0 bridgehead atoms. The number of aliphatic hydroxyl groups is 1. The van der Waals surface area contributed by atoms with E-state index >= 15 is 0 Å². The number of aromatic amines is 1. The third kappa shape index (κ3) is 3.80. The highest BCUT2D eigenvalue weighted by atomic mass is 16.3. The first kappa shape index (κ1) is 20.4. The lowest BCUT2D eigenvalue weighted by atomic mass is 9.95. The van der Waals surface area contributed by atoms with Gasteiger partial charge < -0.3 is 24.9 Å². The second kappa shape index (κ2) is 8.62. The van der Waals surface area contributed by atoms with Gasteiger partial charge in [-0.25, -0.2) is 9.97 Å². The summed E-state index contributed by atoms with van der Waals surface area (Å²) < 4.78 is 2.25. The van der Waals surface area contributed by atoms with Gasteiger partial charge in [0.15, 0.2) is 17.0 Å². The maximum Gasteiger partial charge on any atom is 0.229 e. The molecule has 1 aromatic carbocycles. The van der Waals surface area contributed by atoms with Crippen molar-refractivity contribution in [3.05, 3.63) is 36.4 Å². The number of imidazole rings is 2. The van der Waals surface area contributed by atoms with Crippen molar-refractivity contribution in [1.29, 1.82) is 0 Å². The quantitative estimate of drug-likeness (QED) is 0.414. The molecule has 6 rings (SSSR count). The molecule has 9 nitrogen and oxygen atoms in total. The standard InChI is InChI=1S/C24H30N8O/c33-14-17-9-6-12-31(17)24-29-22(25-13-20-27-18-10-4-5-11-19(18)28-20)21-23(30-24)32(15-26-21)16-7-2-1-3-8-16/h4-5,10-11,15-17,33H,1-3,6-9,12-14H2,(H,27,28)(H,25,29,30). The third-order valence-corrected chi connectivity index (χ3v) is 7.08. The molecule has 1 aliphatic heterocycles. The van der Waals surface area contributed by atoms with Crippen molar-refractivity contribution >= 4 is 34.0 Å². The van der Waals surface area contributed by atoms with Gasteiger partial charge in [-0.3, -0.25) is 0 Å². The van der Waals surface area contributed by atoms with Gasteiger partial charge in [0.2, 0.25) is 5.95 Å². The van der Waals surface area contributed by atoms with Crippen LogP contribution in [0, 0.1) is 0 Å². The summed E-state index contributed by atoms with van der Waals surface area (Å²) in [6.45, 7) is 1.49. The lowest BCUT2D eigenvalue weighted by Gasteiger charge is -2.25. The van der Waals surface area contributed by atoms with Crippen LogP contribution in [0.2, 0.25) is 0 Å². The van der Waals surface area contributed by atoms with Gasteiger partial charge in [-0.2, -0.15) is 9.97 Å². The Kier molecular flexibility index (Phi) is 5.33. The average molecular weight is 447 g/mol. The monoisotopic (exact) mass is 446 g/mol. The molecule has 172 valence electrons. The number of aromatic nitrogens is 6. The Bertz CT molecular complexity index is 1230. The van der Waals surface area contributed by atoms with Crippen LogP contribution in [-0.4, -0.2) is 53.8 Å². The fraction of sp³-hybridized carbons (Fsp3) is 0.500. The molecule has 3 N–H and O–H groups in total. The minimum Gasteiger partial charge on any atom is -0.394 e. The van der Waals surface area contributed by atoms with E-state index in [1.807, 2.05) is 30.6 Å². The van der Waals surface area contributed by atoms with Gasteiger partial charge in [0.1, 0.15) is 5.82 Å². The highest BCUT2D eigenvalue weighted by Gasteiger charge is 2.28. The molecule has 4 heterocycles. The first-order valence-corrected chi connectivity index (χ1v) is 12.1. The number of H-pyrrole nitrogens is 1. The molecule has 3 aromatic heterocycles. The zero-order valence-corrected chi connectivity index (χ0v) is 18.7. The fourth-order valence-corrected chi connectivity index (χ4v) is 5.33. The molecule has 33 heavy (non-hydrogen) atoms. The highest BCUT2D eigenvalue weighted by molar-refractivity contribution is 5.84. The van der Waals surface area contributed by atoms with Crippen molar-refractivity contribution < 1.29 is 5.11 Å². The van der Waals surface area contributed by atoms with Gasteiger partial charge in [-0.1, -0.05) is 31.4 Å². The zero-order valence-electron chi connectivity index (χ0n) is 18.7. The van der Waals surface area contributed by atoms with Crippen LogP contribution in [0.1, 0.15) is 56.8 Å². The van der Waals surface area contributed by atoms with Crippen LogP contribution in [0.15, 0.2) is 30.6 Å². The topological polar surface area (TPSA) is 108 Å². The van der Waals surface area contributed by atoms with Crippen molar-refractivity contribution in [2.75, 3.05) is 23.4 Å². The van der Waals surface area contributed by atoms with Gasteiger partial charge in [0.05, 0.1) is 36.6 Å². The molecule has 1 saturated carbocycles. The van der Waals surface area contributed by atoms with E-state index in [1.54, 1.807) is 0 Å². The molecule has 4 aromatic rings. The maximum absolute atomic E-state index is 9.88. The van der Waals surface area contributed by atoms with E-state index in [-0.39, 0.29) is 12.6 Å². The molecule has 1 aliphatic carbocycles. The molecule has 2 fully saturated rings. The number of hydrogen-bond acceptors (Lipinski definition) is 7. The van der Waals surface area contributed by atoms with E-state index in [0.29, 0.717) is 24.4 Å². The van der Waals surface area contributed by atoms with Crippen molar-refractivity contribution in [3.63, 3.8) is 0 Å². The van der Waals surface area contributed by atoms with Crippen LogP contribution >= 0.6 is 0 Å². The molecule has 0 spiro atoms. The Morgan fingerprint density at radius 2 is 1.91 bits per heavy atom. The molecule has 0 radical (unpaired) electrons. The predicted octanol–water partition coefficient (Wildman–Crippen LogP) is 3.78. The zero-order chi connectivity index (χ0) is 22.2. The van der Waals surface area contributed by atoms with Crippen molar-refractivity contribution in [1.82, 2.24) is 29.5 Å². The van der Waals surface area contributed by atoms with E-state index in [1.165, 1.54) is 19.3 Å². The molecular formula is C24H30N8O. The number of anilines is 2. The number of fused-ring (bicyclic) bond motifs is 2. The highest BCUT2D eigenvalue weighted by Crippen LogP contribution is 2.33.